The molecule has 0 saturated carbocycles. The lowest BCUT2D eigenvalue weighted by Crippen LogP contribution is -2.08. The van der Waals surface area contributed by atoms with Crippen molar-refractivity contribution in [3.8, 4) is 0 Å². The Balaban J connectivity index is 1.79. The van der Waals surface area contributed by atoms with E-state index in [1.807, 2.05) is 24.3 Å². The van der Waals surface area contributed by atoms with Crippen LogP contribution in [0.15, 0.2) is 70.0 Å². The number of hydrogen-bond acceptors (Lipinski definition) is 4. The number of pyridine rings is 1. The van der Waals surface area contributed by atoms with Crippen molar-refractivity contribution in [2.75, 3.05) is 5.32 Å². The molecule has 2 aromatic carbocycles. The molecule has 1 N–H and O–H groups in total. The van der Waals surface area contributed by atoms with Gasteiger partial charge in [-0.15, -0.1) is 0 Å². The summed E-state index contributed by atoms with van der Waals surface area (Å²) >= 11 is 0. The smallest absolute Gasteiger partial charge is 0.347 e. The molecule has 0 aliphatic carbocycles. The number of para-hydroxylation sites is 1. The molecule has 2 aromatic heterocycles. The highest BCUT2D eigenvalue weighted by molar-refractivity contribution is 6.07. The molecule has 0 saturated heterocycles. The van der Waals surface area contributed by atoms with Crippen LogP contribution < -0.4 is 10.9 Å². The molecular formula is C20H16N2O2. The van der Waals surface area contributed by atoms with Crippen LogP contribution in [0.4, 0.5) is 5.82 Å². The van der Waals surface area contributed by atoms with Gasteiger partial charge >= 0.3 is 5.63 Å². The molecule has 4 aromatic rings. The minimum atomic E-state index is -0.372. The van der Waals surface area contributed by atoms with Crippen LogP contribution in [0, 0.1) is 6.92 Å². The Hall–Kier alpha value is -3.14. The van der Waals surface area contributed by atoms with Crippen LogP contribution in [0.3, 0.4) is 0 Å². The van der Waals surface area contributed by atoms with E-state index < -0.39 is 0 Å². The van der Waals surface area contributed by atoms with Crippen molar-refractivity contribution >= 4 is 27.6 Å². The molecule has 4 heteroatoms. The Labute approximate surface area is 138 Å². The first-order chi connectivity index (χ1) is 11.7. The van der Waals surface area contributed by atoms with E-state index in [1.165, 1.54) is 5.56 Å². The normalized spacial score (nSPS) is 11.0. The van der Waals surface area contributed by atoms with Gasteiger partial charge < -0.3 is 9.73 Å². The van der Waals surface area contributed by atoms with Gasteiger partial charge in [0.2, 0.25) is 0 Å². The van der Waals surface area contributed by atoms with Crippen molar-refractivity contribution in [1.82, 2.24) is 4.98 Å². The first kappa shape index (κ1) is 14.5. The number of nitrogens with one attached hydrogen (secondary N) is 1. The van der Waals surface area contributed by atoms with Crippen molar-refractivity contribution < 1.29 is 4.42 Å². The Bertz CT molecular complexity index is 1080. The van der Waals surface area contributed by atoms with Gasteiger partial charge in [0.25, 0.3) is 0 Å². The van der Waals surface area contributed by atoms with E-state index >= 15 is 0 Å². The molecule has 2 heterocycles. The molecule has 4 rings (SSSR count). The third-order valence-electron chi connectivity index (χ3n) is 4.12. The van der Waals surface area contributed by atoms with Gasteiger partial charge in [-0.3, -0.25) is 0 Å². The monoisotopic (exact) mass is 316 g/mol. The first-order valence-corrected chi connectivity index (χ1v) is 7.82. The predicted molar refractivity (Wildman–Crippen MR) is 96.3 cm³/mol. The fourth-order valence-corrected chi connectivity index (χ4v) is 2.85. The topological polar surface area (TPSA) is 55.1 Å². The number of benzene rings is 2. The summed E-state index contributed by atoms with van der Waals surface area (Å²) in [6.45, 7) is 2.65. The zero-order valence-corrected chi connectivity index (χ0v) is 13.2. The summed E-state index contributed by atoms with van der Waals surface area (Å²) in [5.41, 5.74) is 2.56. The number of anilines is 1. The predicted octanol–water partition coefficient (Wildman–Crippen LogP) is 4.26. The summed E-state index contributed by atoms with van der Waals surface area (Å²) in [6.07, 6.45) is 1.71. The van der Waals surface area contributed by atoms with E-state index in [0.717, 1.165) is 16.3 Å². The van der Waals surface area contributed by atoms with E-state index in [4.69, 9.17) is 4.42 Å². The van der Waals surface area contributed by atoms with E-state index in [2.05, 4.69) is 41.5 Å². The molecule has 0 amide bonds. The van der Waals surface area contributed by atoms with Gasteiger partial charge in [-0.2, -0.15) is 0 Å². The average molecular weight is 316 g/mol. The number of rotatable bonds is 3. The van der Waals surface area contributed by atoms with Crippen molar-refractivity contribution in [3.05, 3.63) is 82.3 Å². The molecule has 0 atom stereocenters. The number of nitrogens with zero attached hydrogens (tertiary/aromatic N) is 1. The molecule has 0 bridgehead atoms. The second-order valence-electron chi connectivity index (χ2n) is 5.81. The molecule has 0 radical (unpaired) electrons. The molecule has 4 nitrogen and oxygen atoms in total. The molecule has 118 valence electrons. The zero-order chi connectivity index (χ0) is 16.5. The molecule has 0 fully saturated rings. The van der Waals surface area contributed by atoms with Crippen LogP contribution >= 0.6 is 0 Å². The molecule has 0 unspecified atom stereocenters. The standard InChI is InChI=1S/C20H16N2O2/c1-13-6-8-14(9-7-13)12-22-19-18-16(10-11-21-19)15-4-2-3-5-17(15)24-20(18)23/h2-11H,12H2,1H3,(H,21,22). The fraction of sp³-hybridized carbons (Fsp3) is 0.100. The molecule has 0 spiro atoms. The van der Waals surface area contributed by atoms with Crippen LogP contribution in [-0.2, 0) is 6.54 Å². The summed E-state index contributed by atoms with van der Waals surface area (Å²) in [5.74, 6) is 0.549. The summed E-state index contributed by atoms with van der Waals surface area (Å²) in [6, 6.07) is 17.6. The first-order valence-electron chi connectivity index (χ1n) is 7.82. The van der Waals surface area contributed by atoms with E-state index in [-0.39, 0.29) is 5.63 Å². The minimum Gasteiger partial charge on any atom is -0.422 e. The highest BCUT2D eigenvalue weighted by Crippen LogP contribution is 2.26. The quantitative estimate of drug-likeness (QED) is 0.453. The fourth-order valence-electron chi connectivity index (χ4n) is 2.85. The van der Waals surface area contributed by atoms with Gasteiger partial charge in [-0.25, -0.2) is 9.78 Å². The average Bonchev–Trinajstić information content (AvgIpc) is 2.61. The Morgan fingerprint density at radius 2 is 1.79 bits per heavy atom. The largest absolute Gasteiger partial charge is 0.422 e. The molecule has 0 aliphatic rings. The third kappa shape index (κ3) is 2.52. The molecule has 0 aliphatic heterocycles. The number of hydrogen-bond donors (Lipinski definition) is 1. The maximum Gasteiger partial charge on any atom is 0.347 e. The van der Waals surface area contributed by atoms with Crippen LogP contribution in [-0.4, -0.2) is 4.98 Å². The SMILES string of the molecule is Cc1ccc(CNc2nccc3c2c(=O)oc2ccccc23)cc1. The highest BCUT2D eigenvalue weighted by Gasteiger charge is 2.12. The van der Waals surface area contributed by atoms with E-state index in [1.54, 1.807) is 12.3 Å². The van der Waals surface area contributed by atoms with Crippen LogP contribution in [0.5, 0.6) is 0 Å². The zero-order valence-electron chi connectivity index (χ0n) is 13.2. The number of fused-ring (bicyclic) bond motifs is 3. The van der Waals surface area contributed by atoms with Gasteiger partial charge in [0.1, 0.15) is 16.8 Å². The summed E-state index contributed by atoms with van der Waals surface area (Å²) in [5, 5.41) is 5.51. The van der Waals surface area contributed by atoms with Crippen LogP contribution in [0.25, 0.3) is 21.7 Å². The number of aryl methyl sites for hydroxylation is 1. The van der Waals surface area contributed by atoms with E-state index in [0.29, 0.717) is 23.3 Å². The number of aromatic nitrogens is 1. The van der Waals surface area contributed by atoms with Gasteiger partial charge in [0, 0.05) is 23.5 Å². The Kier molecular flexibility index (Phi) is 3.50. The lowest BCUT2D eigenvalue weighted by Gasteiger charge is -2.09. The lowest BCUT2D eigenvalue weighted by atomic mass is 10.1. The van der Waals surface area contributed by atoms with Gasteiger partial charge in [0.15, 0.2) is 0 Å². The third-order valence-corrected chi connectivity index (χ3v) is 4.12. The Morgan fingerprint density at radius 3 is 2.62 bits per heavy atom. The van der Waals surface area contributed by atoms with Gasteiger partial charge in [0.05, 0.1) is 0 Å². The van der Waals surface area contributed by atoms with Crippen LogP contribution in [0.1, 0.15) is 11.1 Å². The van der Waals surface area contributed by atoms with Crippen LogP contribution in [0.2, 0.25) is 0 Å². The van der Waals surface area contributed by atoms with Crippen molar-refractivity contribution in [2.45, 2.75) is 13.5 Å². The summed E-state index contributed by atoms with van der Waals surface area (Å²) < 4.78 is 5.45. The minimum absolute atomic E-state index is 0.372. The van der Waals surface area contributed by atoms with Crippen molar-refractivity contribution in [2.24, 2.45) is 0 Å². The summed E-state index contributed by atoms with van der Waals surface area (Å²) in [7, 11) is 0. The summed E-state index contributed by atoms with van der Waals surface area (Å²) in [4.78, 5) is 16.8. The highest BCUT2D eigenvalue weighted by atomic mass is 16.4. The Morgan fingerprint density at radius 1 is 1.00 bits per heavy atom. The van der Waals surface area contributed by atoms with Gasteiger partial charge in [-0.1, -0.05) is 48.0 Å². The molecular weight excluding hydrogens is 300 g/mol. The lowest BCUT2D eigenvalue weighted by molar-refractivity contribution is 0.569. The maximum atomic E-state index is 12.4. The van der Waals surface area contributed by atoms with Crippen molar-refractivity contribution in [1.29, 1.82) is 0 Å². The maximum absolute atomic E-state index is 12.4. The van der Waals surface area contributed by atoms with Crippen molar-refractivity contribution in [3.63, 3.8) is 0 Å². The second-order valence-corrected chi connectivity index (χ2v) is 5.81. The second kappa shape index (κ2) is 5.81. The van der Waals surface area contributed by atoms with Gasteiger partial charge in [-0.05, 0) is 24.6 Å². The van der Waals surface area contributed by atoms with E-state index in [9.17, 15) is 4.79 Å². The molecule has 24 heavy (non-hydrogen) atoms.